The van der Waals surface area contributed by atoms with Gasteiger partial charge in [0, 0.05) is 38.3 Å². The second kappa shape index (κ2) is 10.6. The molecular weight excluding hydrogens is 427 g/mol. The van der Waals surface area contributed by atoms with Gasteiger partial charge in [-0.05, 0) is 29.3 Å². The predicted molar refractivity (Wildman–Crippen MR) is 117 cm³/mol. The van der Waals surface area contributed by atoms with E-state index in [0.29, 0.717) is 40.9 Å². The topological polar surface area (TPSA) is 96.7 Å². The van der Waals surface area contributed by atoms with Gasteiger partial charge in [-0.1, -0.05) is 47.5 Å². The third kappa shape index (κ3) is 6.34. The first-order valence-corrected chi connectivity index (χ1v) is 10.3. The third-order valence-corrected chi connectivity index (χ3v) is 5.56. The molecule has 0 aromatic heterocycles. The van der Waals surface area contributed by atoms with Gasteiger partial charge in [-0.3, -0.25) is 9.69 Å². The highest BCUT2D eigenvalue weighted by Crippen LogP contribution is 2.23. The molecule has 3 amide bonds. The lowest BCUT2D eigenvalue weighted by Gasteiger charge is -2.33. The highest BCUT2D eigenvalue weighted by molar-refractivity contribution is 6.42. The Kier molecular flexibility index (Phi) is 7.93. The zero-order valence-electron chi connectivity index (χ0n) is 16.4. The second-order valence-corrected chi connectivity index (χ2v) is 7.88. The lowest BCUT2D eigenvalue weighted by Crippen LogP contribution is -2.48. The first-order valence-electron chi connectivity index (χ1n) is 9.59. The molecule has 1 aliphatic rings. The van der Waals surface area contributed by atoms with Crippen molar-refractivity contribution in [1.29, 1.82) is 0 Å². The highest BCUT2D eigenvalue weighted by atomic mass is 35.5. The van der Waals surface area contributed by atoms with E-state index in [1.165, 1.54) is 0 Å². The van der Waals surface area contributed by atoms with Crippen molar-refractivity contribution in [2.45, 2.75) is 19.2 Å². The molecule has 1 fully saturated rings. The monoisotopic (exact) mass is 450 g/mol. The summed E-state index contributed by atoms with van der Waals surface area (Å²) < 4.78 is 5.76. The number of halogens is 2. The maximum absolute atomic E-state index is 12.1. The van der Waals surface area contributed by atoms with Gasteiger partial charge < -0.3 is 21.1 Å². The van der Waals surface area contributed by atoms with Crippen molar-refractivity contribution >= 4 is 35.1 Å². The number of morpholine rings is 1. The molecule has 2 aromatic rings. The molecule has 9 heteroatoms. The minimum Gasteiger partial charge on any atom is -0.374 e. The van der Waals surface area contributed by atoms with Crippen LogP contribution in [0, 0.1) is 0 Å². The zero-order valence-corrected chi connectivity index (χ0v) is 17.9. The van der Waals surface area contributed by atoms with Crippen LogP contribution < -0.4 is 16.4 Å². The Bertz CT molecular complexity index is 910. The summed E-state index contributed by atoms with van der Waals surface area (Å²) in [5.74, 6) is -0.523. The van der Waals surface area contributed by atoms with Gasteiger partial charge in [0.05, 0.1) is 22.8 Å². The van der Waals surface area contributed by atoms with E-state index in [4.69, 9.17) is 33.7 Å². The number of hydrogen-bond acceptors (Lipinski definition) is 4. The van der Waals surface area contributed by atoms with E-state index in [1.54, 1.807) is 30.3 Å². The molecule has 1 heterocycles. The van der Waals surface area contributed by atoms with E-state index < -0.39 is 5.91 Å². The third-order valence-electron chi connectivity index (χ3n) is 4.83. The molecule has 0 unspecified atom stereocenters. The number of rotatable bonds is 7. The van der Waals surface area contributed by atoms with Crippen LogP contribution in [0.15, 0.2) is 42.5 Å². The van der Waals surface area contributed by atoms with Gasteiger partial charge in [0.1, 0.15) is 0 Å². The highest BCUT2D eigenvalue weighted by Gasteiger charge is 2.21. The molecule has 30 heavy (non-hydrogen) atoms. The zero-order chi connectivity index (χ0) is 21.5. The molecular formula is C21H24Cl2N4O3. The fraction of sp³-hybridized carbons (Fsp3) is 0.333. The van der Waals surface area contributed by atoms with Crippen molar-refractivity contribution in [3.63, 3.8) is 0 Å². The first-order chi connectivity index (χ1) is 14.4. The number of ether oxygens (including phenoxy) is 1. The maximum Gasteiger partial charge on any atom is 0.315 e. The smallest absolute Gasteiger partial charge is 0.315 e. The molecule has 7 nitrogen and oxygen atoms in total. The lowest BCUT2D eigenvalue weighted by molar-refractivity contribution is -0.0287. The van der Waals surface area contributed by atoms with Gasteiger partial charge in [0.25, 0.3) is 0 Å². The van der Waals surface area contributed by atoms with E-state index in [0.717, 1.165) is 18.7 Å². The van der Waals surface area contributed by atoms with Crippen molar-refractivity contribution in [2.75, 3.05) is 26.2 Å². The van der Waals surface area contributed by atoms with Crippen molar-refractivity contribution in [3.05, 3.63) is 69.2 Å². The van der Waals surface area contributed by atoms with Crippen LogP contribution in [0.2, 0.25) is 10.0 Å². The first kappa shape index (κ1) is 22.4. The molecule has 0 aliphatic carbocycles. The van der Waals surface area contributed by atoms with Gasteiger partial charge in [-0.2, -0.15) is 0 Å². The molecule has 160 valence electrons. The molecule has 0 bridgehead atoms. The van der Waals surface area contributed by atoms with Crippen molar-refractivity contribution < 1.29 is 14.3 Å². The molecule has 3 rings (SSSR count). The van der Waals surface area contributed by atoms with Crippen molar-refractivity contribution in [2.24, 2.45) is 5.73 Å². The van der Waals surface area contributed by atoms with E-state index in [9.17, 15) is 9.59 Å². The number of nitrogens with one attached hydrogen (secondary N) is 2. The Morgan fingerprint density at radius 1 is 1.13 bits per heavy atom. The van der Waals surface area contributed by atoms with Crippen molar-refractivity contribution in [3.8, 4) is 0 Å². The summed E-state index contributed by atoms with van der Waals surface area (Å²) in [7, 11) is 0. The summed E-state index contributed by atoms with van der Waals surface area (Å²) in [4.78, 5) is 25.8. The van der Waals surface area contributed by atoms with Crippen LogP contribution in [0.3, 0.4) is 0 Å². The normalized spacial score (nSPS) is 16.8. The Morgan fingerprint density at radius 2 is 1.93 bits per heavy atom. The second-order valence-electron chi connectivity index (χ2n) is 7.06. The van der Waals surface area contributed by atoms with E-state index in [-0.39, 0.29) is 18.7 Å². The summed E-state index contributed by atoms with van der Waals surface area (Å²) in [5, 5.41) is 6.63. The number of carbonyl (C=O) groups is 2. The molecule has 4 N–H and O–H groups in total. The SMILES string of the molecule is NC(=O)c1ccccc1CNC(=O)NC[C@H]1CN(Cc2ccc(Cl)c(Cl)c2)CCO1. The van der Waals surface area contributed by atoms with E-state index in [1.807, 2.05) is 12.1 Å². The van der Waals surface area contributed by atoms with Crippen LogP contribution in [-0.4, -0.2) is 49.2 Å². The van der Waals surface area contributed by atoms with Crippen LogP contribution >= 0.6 is 23.2 Å². The summed E-state index contributed by atoms with van der Waals surface area (Å²) in [6.07, 6.45) is -0.120. The quantitative estimate of drug-likeness (QED) is 0.603. The number of hydrogen-bond donors (Lipinski definition) is 3. The molecule has 0 spiro atoms. The van der Waals surface area contributed by atoms with Gasteiger partial charge in [-0.15, -0.1) is 0 Å². The molecule has 1 atom stereocenters. The maximum atomic E-state index is 12.1. The number of amides is 3. The standard InChI is InChI=1S/C21H24Cl2N4O3/c22-18-6-5-14(9-19(18)23)12-27-7-8-30-16(13-27)11-26-21(29)25-10-15-3-1-2-4-17(15)20(24)28/h1-6,9,16H,7-8,10-13H2,(H2,24,28)(H2,25,26,29)/t16-/m0/s1. The molecule has 1 saturated heterocycles. The summed E-state index contributed by atoms with van der Waals surface area (Å²) in [6.45, 7) is 3.38. The minimum absolute atomic E-state index is 0.120. The number of urea groups is 1. The number of benzene rings is 2. The van der Waals surface area contributed by atoms with Gasteiger partial charge in [0.2, 0.25) is 5.91 Å². The van der Waals surface area contributed by atoms with Crippen LogP contribution in [0.1, 0.15) is 21.5 Å². The summed E-state index contributed by atoms with van der Waals surface area (Å²) in [5.41, 5.74) is 7.49. The molecule has 0 saturated carbocycles. The largest absolute Gasteiger partial charge is 0.374 e. The summed E-state index contributed by atoms with van der Waals surface area (Å²) in [6, 6.07) is 12.2. The number of nitrogens with zero attached hydrogens (tertiary/aromatic N) is 1. The average molecular weight is 451 g/mol. The van der Waals surface area contributed by atoms with Crippen LogP contribution in [-0.2, 0) is 17.8 Å². The minimum atomic E-state index is -0.523. The van der Waals surface area contributed by atoms with Gasteiger partial charge >= 0.3 is 6.03 Å². The Balaban J connectivity index is 1.44. The number of primary amides is 1. The Hall–Kier alpha value is -2.32. The van der Waals surface area contributed by atoms with Gasteiger partial charge in [0.15, 0.2) is 0 Å². The lowest BCUT2D eigenvalue weighted by atomic mass is 10.1. The molecule has 2 aromatic carbocycles. The van der Waals surface area contributed by atoms with E-state index in [2.05, 4.69) is 15.5 Å². The summed E-state index contributed by atoms with van der Waals surface area (Å²) >= 11 is 12.1. The van der Waals surface area contributed by atoms with Crippen LogP contribution in [0.4, 0.5) is 4.79 Å². The number of carbonyl (C=O) groups excluding carboxylic acids is 2. The fourth-order valence-corrected chi connectivity index (χ4v) is 3.62. The number of nitrogens with two attached hydrogens (primary N) is 1. The van der Waals surface area contributed by atoms with Crippen molar-refractivity contribution in [1.82, 2.24) is 15.5 Å². The Morgan fingerprint density at radius 3 is 2.70 bits per heavy atom. The fourth-order valence-electron chi connectivity index (χ4n) is 3.30. The Labute approximate surface area is 185 Å². The average Bonchev–Trinajstić information content (AvgIpc) is 2.74. The predicted octanol–water partition coefficient (Wildman–Crippen LogP) is 2.79. The van der Waals surface area contributed by atoms with Gasteiger partial charge in [-0.25, -0.2) is 4.79 Å². The molecule has 1 aliphatic heterocycles. The van der Waals surface area contributed by atoms with Crippen LogP contribution in [0.5, 0.6) is 0 Å². The van der Waals surface area contributed by atoms with E-state index >= 15 is 0 Å². The van der Waals surface area contributed by atoms with Crippen LogP contribution in [0.25, 0.3) is 0 Å². The molecule has 0 radical (unpaired) electrons.